The number of hydrogen-bond acceptors (Lipinski definition) is 4. The van der Waals surface area contributed by atoms with E-state index in [2.05, 4.69) is 14.7 Å². The zero-order chi connectivity index (χ0) is 14.8. The summed E-state index contributed by atoms with van der Waals surface area (Å²) in [6, 6.07) is 0. The van der Waals surface area contributed by atoms with Crippen LogP contribution in [0.3, 0.4) is 0 Å². The highest BCUT2D eigenvalue weighted by Crippen LogP contribution is 2.28. The van der Waals surface area contributed by atoms with Gasteiger partial charge >= 0.3 is 6.18 Å². The predicted octanol–water partition coefficient (Wildman–Crippen LogP) is 3.04. The van der Waals surface area contributed by atoms with Crippen LogP contribution in [0.1, 0.15) is 32.3 Å². The Morgan fingerprint density at radius 2 is 1.79 bits per heavy atom. The molecule has 0 saturated carbocycles. The minimum Gasteiger partial charge on any atom is -0.383 e. The lowest BCUT2D eigenvalue weighted by Gasteiger charge is -2.21. The van der Waals surface area contributed by atoms with Gasteiger partial charge in [-0.15, -0.1) is 0 Å². The largest absolute Gasteiger partial charge is 0.411 e. The summed E-state index contributed by atoms with van der Waals surface area (Å²) in [6.45, 7) is 4.18. The number of rotatable bonds is 3. The van der Waals surface area contributed by atoms with Gasteiger partial charge in [0.05, 0.1) is 9.26 Å². The molecule has 2 N–H and O–H groups in total. The molecule has 1 aromatic heterocycles. The maximum Gasteiger partial charge on any atom is 0.411 e. The van der Waals surface area contributed by atoms with E-state index in [-0.39, 0.29) is 23.7 Å². The van der Waals surface area contributed by atoms with Crippen LogP contribution < -0.4 is 5.73 Å². The van der Waals surface area contributed by atoms with Gasteiger partial charge in [0.15, 0.2) is 5.82 Å². The lowest BCUT2D eigenvalue weighted by atomic mass is 9.92. The van der Waals surface area contributed by atoms with Gasteiger partial charge in [-0.25, -0.2) is 9.97 Å². The molecule has 0 aliphatic heterocycles. The third kappa shape index (κ3) is 5.09. The Morgan fingerprint density at radius 1 is 1.21 bits per heavy atom. The Labute approximate surface area is 123 Å². The average Bonchev–Trinajstić information content (AvgIpc) is 2.19. The van der Waals surface area contributed by atoms with E-state index < -0.39 is 12.8 Å². The fourth-order valence-corrected chi connectivity index (χ4v) is 2.38. The zero-order valence-electron chi connectivity index (χ0n) is 10.8. The molecule has 0 aromatic carbocycles. The molecule has 0 saturated heterocycles. The van der Waals surface area contributed by atoms with Crippen molar-refractivity contribution in [3.8, 4) is 0 Å². The van der Waals surface area contributed by atoms with Crippen LogP contribution in [0.15, 0.2) is 0 Å². The van der Waals surface area contributed by atoms with E-state index in [0.717, 1.165) is 0 Å². The van der Waals surface area contributed by atoms with Gasteiger partial charge in [-0.05, 0) is 22.6 Å². The second-order valence-electron chi connectivity index (χ2n) is 5.05. The maximum atomic E-state index is 12.0. The van der Waals surface area contributed by atoms with Crippen molar-refractivity contribution in [1.82, 2.24) is 9.97 Å². The first-order valence-corrected chi connectivity index (χ1v) is 6.55. The van der Waals surface area contributed by atoms with Gasteiger partial charge < -0.3 is 10.5 Å². The van der Waals surface area contributed by atoms with E-state index in [9.17, 15) is 13.2 Å². The molecule has 0 amide bonds. The first kappa shape index (κ1) is 16.4. The fourth-order valence-electron chi connectivity index (χ4n) is 1.33. The quantitative estimate of drug-likeness (QED) is 0.808. The molecule has 0 bridgehead atoms. The number of nitrogens with zero attached hydrogens (tertiary/aromatic N) is 2. The van der Waals surface area contributed by atoms with Gasteiger partial charge in [0.2, 0.25) is 0 Å². The van der Waals surface area contributed by atoms with E-state index in [1.54, 1.807) is 0 Å². The number of halogens is 4. The average molecular weight is 389 g/mol. The molecule has 1 rings (SSSR count). The second-order valence-corrected chi connectivity index (χ2v) is 6.12. The highest BCUT2D eigenvalue weighted by Gasteiger charge is 2.28. The fraction of sp³-hybridized carbons (Fsp3) is 0.636. The second kappa shape index (κ2) is 5.78. The molecule has 0 aliphatic rings. The topological polar surface area (TPSA) is 61.0 Å². The maximum absolute atomic E-state index is 12.0. The van der Waals surface area contributed by atoms with Gasteiger partial charge in [0.1, 0.15) is 19.0 Å². The Hall–Kier alpha value is -0.640. The molecule has 0 spiro atoms. The summed E-state index contributed by atoms with van der Waals surface area (Å²) in [5.41, 5.74) is 6.17. The summed E-state index contributed by atoms with van der Waals surface area (Å²) < 4.78 is 41.2. The Morgan fingerprint density at radius 3 is 2.26 bits per heavy atom. The standard InChI is InChI=1S/C11H15F3IN3O/c1-10(2,3)8-7(15)9(16)18-6(17-8)4-19-5-11(12,13)14/h4-5H2,1-3H3,(H2,16,17,18). The molecular weight excluding hydrogens is 374 g/mol. The first-order chi connectivity index (χ1) is 8.50. The molecular formula is C11H15F3IN3O. The number of nitrogens with two attached hydrogens (primary N) is 1. The zero-order valence-corrected chi connectivity index (χ0v) is 13.0. The summed E-state index contributed by atoms with van der Waals surface area (Å²) in [5.74, 6) is 0.415. The third-order valence-electron chi connectivity index (χ3n) is 2.13. The summed E-state index contributed by atoms with van der Waals surface area (Å²) in [7, 11) is 0. The summed E-state index contributed by atoms with van der Waals surface area (Å²) in [5, 5.41) is 0. The summed E-state index contributed by atoms with van der Waals surface area (Å²) >= 11 is 2.03. The van der Waals surface area contributed by atoms with Crippen molar-refractivity contribution in [1.29, 1.82) is 0 Å². The molecule has 108 valence electrons. The van der Waals surface area contributed by atoms with Crippen LogP contribution in [0.4, 0.5) is 19.0 Å². The van der Waals surface area contributed by atoms with Crippen molar-refractivity contribution < 1.29 is 17.9 Å². The van der Waals surface area contributed by atoms with Gasteiger partial charge in [-0.2, -0.15) is 13.2 Å². The highest BCUT2D eigenvalue weighted by molar-refractivity contribution is 14.1. The van der Waals surface area contributed by atoms with Crippen LogP contribution in [0.5, 0.6) is 0 Å². The third-order valence-corrected chi connectivity index (χ3v) is 3.19. The molecule has 0 radical (unpaired) electrons. The van der Waals surface area contributed by atoms with Gasteiger partial charge in [0, 0.05) is 5.41 Å². The number of anilines is 1. The Kier molecular flexibility index (Phi) is 4.99. The van der Waals surface area contributed by atoms with E-state index in [1.807, 2.05) is 43.4 Å². The minimum atomic E-state index is -4.36. The molecule has 0 unspecified atom stereocenters. The van der Waals surface area contributed by atoms with Crippen molar-refractivity contribution >= 4 is 28.4 Å². The minimum absolute atomic E-state index is 0.159. The van der Waals surface area contributed by atoms with Gasteiger partial charge in [0.25, 0.3) is 0 Å². The summed E-state index contributed by atoms with van der Waals surface area (Å²) in [4.78, 5) is 8.17. The van der Waals surface area contributed by atoms with Crippen LogP contribution in [-0.4, -0.2) is 22.8 Å². The van der Waals surface area contributed by atoms with Crippen molar-refractivity contribution in [2.75, 3.05) is 12.3 Å². The van der Waals surface area contributed by atoms with Crippen molar-refractivity contribution in [2.45, 2.75) is 39.0 Å². The number of hydrogen-bond donors (Lipinski definition) is 1. The van der Waals surface area contributed by atoms with E-state index in [0.29, 0.717) is 9.26 Å². The van der Waals surface area contributed by atoms with Crippen molar-refractivity contribution in [3.63, 3.8) is 0 Å². The SMILES string of the molecule is CC(C)(C)c1nc(COCC(F)(F)F)nc(N)c1I. The van der Waals surface area contributed by atoms with Crippen LogP contribution in [0, 0.1) is 3.57 Å². The molecule has 4 nitrogen and oxygen atoms in total. The van der Waals surface area contributed by atoms with Crippen LogP contribution in [0.2, 0.25) is 0 Å². The highest BCUT2D eigenvalue weighted by atomic mass is 127. The monoisotopic (exact) mass is 389 g/mol. The van der Waals surface area contributed by atoms with E-state index in [4.69, 9.17) is 5.73 Å². The lowest BCUT2D eigenvalue weighted by Crippen LogP contribution is -2.21. The van der Waals surface area contributed by atoms with E-state index >= 15 is 0 Å². The number of ether oxygens (including phenoxy) is 1. The number of aromatic nitrogens is 2. The Bertz CT molecular complexity index is 458. The van der Waals surface area contributed by atoms with Crippen LogP contribution in [0.25, 0.3) is 0 Å². The normalized spacial score (nSPS) is 12.8. The molecule has 8 heteroatoms. The van der Waals surface area contributed by atoms with Gasteiger partial charge in [-0.3, -0.25) is 0 Å². The van der Waals surface area contributed by atoms with Crippen molar-refractivity contribution in [2.24, 2.45) is 0 Å². The Balaban J connectivity index is 2.89. The molecule has 1 heterocycles. The lowest BCUT2D eigenvalue weighted by molar-refractivity contribution is -0.177. The summed E-state index contributed by atoms with van der Waals surface area (Å²) in [6.07, 6.45) is -4.36. The van der Waals surface area contributed by atoms with E-state index in [1.165, 1.54) is 0 Å². The van der Waals surface area contributed by atoms with Gasteiger partial charge in [-0.1, -0.05) is 20.8 Å². The molecule has 0 atom stereocenters. The smallest absolute Gasteiger partial charge is 0.383 e. The molecule has 0 fully saturated rings. The molecule has 19 heavy (non-hydrogen) atoms. The molecule has 0 aliphatic carbocycles. The number of alkyl halides is 3. The number of nitrogen functional groups attached to an aromatic ring is 1. The molecule has 1 aromatic rings. The van der Waals surface area contributed by atoms with Crippen LogP contribution >= 0.6 is 22.6 Å². The van der Waals surface area contributed by atoms with Crippen LogP contribution in [-0.2, 0) is 16.8 Å². The predicted molar refractivity (Wildman–Crippen MR) is 73.6 cm³/mol. The first-order valence-electron chi connectivity index (χ1n) is 5.47. The van der Waals surface area contributed by atoms with Crippen molar-refractivity contribution in [3.05, 3.63) is 15.1 Å².